The molecule has 1 saturated heterocycles. The molecule has 1 unspecified atom stereocenters. The number of thioether (sulfide) groups is 1. The number of nitrogens with one attached hydrogen (secondary N) is 1. The molecule has 1 aromatic rings. The van der Waals surface area contributed by atoms with Gasteiger partial charge >= 0.3 is 0 Å². The van der Waals surface area contributed by atoms with Crippen LogP contribution in [0, 0.1) is 5.92 Å². The van der Waals surface area contributed by atoms with E-state index in [2.05, 4.69) is 10.3 Å². The molecule has 4 heteroatoms. The number of hydrogen-bond donors (Lipinski definition) is 1. The van der Waals surface area contributed by atoms with E-state index in [4.69, 9.17) is 0 Å². The lowest BCUT2D eigenvalue weighted by molar-refractivity contribution is 0.662. The van der Waals surface area contributed by atoms with Gasteiger partial charge in [0.25, 0.3) is 0 Å². The molecule has 2 heterocycles. The minimum absolute atomic E-state index is 0.860. The van der Waals surface area contributed by atoms with Crippen molar-refractivity contribution in [1.29, 1.82) is 0 Å². The summed E-state index contributed by atoms with van der Waals surface area (Å²) in [5.41, 5.74) is 0. The summed E-state index contributed by atoms with van der Waals surface area (Å²) < 4.78 is 1.21. The predicted molar refractivity (Wildman–Crippen MR) is 53.8 cm³/mol. The Bertz CT molecular complexity index is 217. The number of nitrogens with zero attached hydrogens (tertiary/aromatic N) is 1. The minimum Gasteiger partial charge on any atom is -0.316 e. The molecule has 1 aliphatic heterocycles. The fourth-order valence-electron chi connectivity index (χ4n) is 1.33. The van der Waals surface area contributed by atoms with Gasteiger partial charge in [-0.25, -0.2) is 4.98 Å². The van der Waals surface area contributed by atoms with Crippen molar-refractivity contribution in [1.82, 2.24) is 10.3 Å². The second-order valence-electron chi connectivity index (χ2n) is 2.97. The quantitative estimate of drug-likeness (QED) is 0.754. The Hall–Kier alpha value is -0.0600. The summed E-state index contributed by atoms with van der Waals surface area (Å²) in [7, 11) is 0. The first-order chi connectivity index (χ1) is 5.95. The molecular formula is C8H12N2S2. The number of aromatic nitrogens is 1. The highest BCUT2D eigenvalue weighted by atomic mass is 32.2. The van der Waals surface area contributed by atoms with Crippen LogP contribution < -0.4 is 5.32 Å². The van der Waals surface area contributed by atoms with Crippen LogP contribution in [0.5, 0.6) is 0 Å². The molecule has 1 N–H and O–H groups in total. The maximum absolute atomic E-state index is 4.24. The molecule has 1 atom stereocenters. The summed E-state index contributed by atoms with van der Waals surface area (Å²) in [6.07, 6.45) is 3.21. The van der Waals surface area contributed by atoms with Crippen molar-refractivity contribution in [3.63, 3.8) is 0 Å². The number of rotatable bonds is 3. The van der Waals surface area contributed by atoms with Crippen molar-refractivity contribution in [3.8, 4) is 0 Å². The van der Waals surface area contributed by atoms with E-state index in [1.807, 2.05) is 23.3 Å². The van der Waals surface area contributed by atoms with Crippen LogP contribution in [0.25, 0.3) is 0 Å². The molecule has 0 spiro atoms. The van der Waals surface area contributed by atoms with Crippen LogP contribution in [-0.2, 0) is 0 Å². The van der Waals surface area contributed by atoms with Crippen molar-refractivity contribution in [2.75, 3.05) is 18.8 Å². The van der Waals surface area contributed by atoms with E-state index >= 15 is 0 Å². The highest BCUT2D eigenvalue weighted by molar-refractivity contribution is 8.01. The highest BCUT2D eigenvalue weighted by Gasteiger charge is 2.14. The molecular weight excluding hydrogens is 188 g/mol. The maximum atomic E-state index is 4.24. The summed E-state index contributed by atoms with van der Waals surface area (Å²) in [6.45, 7) is 2.39. The van der Waals surface area contributed by atoms with E-state index in [0.29, 0.717) is 0 Å². The molecule has 1 fully saturated rings. The zero-order valence-corrected chi connectivity index (χ0v) is 8.46. The zero-order valence-electron chi connectivity index (χ0n) is 6.82. The van der Waals surface area contributed by atoms with Gasteiger partial charge in [-0.15, -0.1) is 11.3 Å². The van der Waals surface area contributed by atoms with Crippen LogP contribution in [0.15, 0.2) is 15.9 Å². The summed E-state index contributed by atoms with van der Waals surface area (Å²) in [5.74, 6) is 2.08. The van der Waals surface area contributed by atoms with E-state index in [0.717, 1.165) is 5.92 Å². The first-order valence-corrected chi connectivity index (χ1v) is 6.04. The summed E-state index contributed by atoms with van der Waals surface area (Å²) in [6, 6.07) is 0. The fraction of sp³-hybridized carbons (Fsp3) is 0.625. The zero-order chi connectivity index (χ0) is 8.23. The van der Waals surface area contributed by atoms with Crippen LogP contribution in [-0.4, -0.2) is 23.8 Å². The van der Waals surface area contributed by atoms with E-state index in [-0.39, 0.29) is 0 Å². The summed E-state index contributed by atoms with van der Waals surface area (Å²) in [5, 5.41) is 5.41. The molecule has 1 aromatic heterocycles. The Balaban J connectivity index is 1.74. The van der Waals surface area contributed by atoms with Gasteiger partial charge in [-0.3, -0.25) is 0 Å². The molecule has 66 valence electrons. The van der Waals surface area contributed by atoms with Crippen LogP contribution in [0.1, 0.15) is 6.42 Å². The smallest absolute Gasteiger partial charge is 0.149 e. The van der Waals surface area contributed by atoms with Crippen molar-refractivity contribution < 1.29 is 0 Å². The minimum atomic E-state index is 0.860. The van der Waals surface area contributed by atoms with E-state index in [9.17, 15) is 0 Å². The molecule has 2 rings (SSSR count). The molecule has 0 aromatic carbocycles. The summed E-state index contributed by atoms with van der Waals surface area (Å²) >= 11 is 3.63. The molecule has 0 aliphatic carbocycles. The topological polar surface area (TPSA) is 24.9 Å². The monoisotopic (exact) mass is 200 g/mol. The largest absolute Gasteiger partial charge is 0.316 e. The van der Waals surface area contributed by atoms with E-state index in [1.165, 1.54) is 29.6 Å². The number of hydrogen-bond acceptors (Lipinski definition) is 4. The van der Waals surface area contributed by atoms with E-state index < -0.39 is 0 Å². The van der Waals surface area contributed by atoms with Gasteiger partial charge in [0, 0.05) is 17.3 Å². The van der Waals surface area contributed by atoms with Gasteiger partial charge in [0.15, 0.2) is 0 Å². The first-order valence-electron chi connectivity index (χ1n) is 4.18. The third-order valence-corrected chi connectivity index (χ3v) is 4.21. The van der Waals surface area contributed by atoms with E-state index in [1.54, 1.807) is 11.3 Å². The second kappa shape index (κ2) is 4.25. The van der Waals surface area contributed by atoms with Gasteiger partial charge in [0.2, 0.25) is 0 Å². The van der Waals surface area contributed by atoms with Crippen molar-refractivity contribution in [2.24, 2.45) is 5.92 Å². The molecule has 2 nitrogen and oxygen atoms in total. The lowest BCUT2D eigenvalue weighted by Crippen LogP contribution is -2.10. The third kappa shape index (κ3) is 2.21. The fourth-order valence-corrected chi connectivity index (χ4v) is 3.13. The van der Waals surface area contributed by atoms with Gasteiger partial charge in [-0.2, -0.15) is 0 Å². The molecule has 0 saturated carbocycles. The van der Waals surface area contributed by atoms with Gasteiger partial charge in [-0.05, 0) is 25.4 Å². The highest BCUT2D eigenvalue weighted by Crippen LogP contribution is 2.24. The first kappa shape index (κ1) is 8.53. The van der Waals surface area contributed by atoms with Crippen LogP contribution in [0.2, 0.25) is 0 Å². The van der Waals surface area contributed by atoms with Crippen LogP contribution in [0.4, 0.5) is 0 Å². The predicted octanol–water partition coefficient (Wildman–Crippen LogP) is 1.84. The Labute approximate surface area is 80.8 Å². The van der Waals surface area contributed by atoms with Crippen molar-refractivity contribution in [2.45, 2.75) is 10.8 Å². The molecule has 1 aliphatic rings. The molecule has 0 radical (unpaired) electrons. The normalized spacial score (nSPS) is 23.2. The average Bonchev–Trinajstić information content (AvgIpc) is 2.74. The SMILES string of the molecule is c1csc(SCC2CCNC2)n1. The third-order valence-electron chi connectivity index (χ3n) is 2.01. The van der Waals surface area contributed by atoms with Crippen LogP contribution in [0.3, 0.4) is 0 Å². The lowest BCUT2D eigenvalue weighted by Gasteiger charge is -2.04. The Morgan fingerprint density at radius 3 is 3.42 bits per heavy atom. The van der Waals surface area contributed by atoms with Gasteiger partial charge in [-0.1, -0.05) is 11.8 Å². The Morgan fingerprint density at radius 2 is 2.75 bits per heavy atom. The molecule has 12 heavy (non-hydrogen) atoms. The van der Waals surface area contributed by atoms with Gasteiger partial charge < -0.3 is 5.32 Å². The van der Waals surface area contributed by atoms with Crippen molar-refractivity contribution >= 4 is 23.1 Å². The standard InChI is InChI=1S/C8H12N2S2/c1-2-9-5-7(1)6-12-8-10-3-4-11-8/h3-4,7,9H,1-2,5-6H2. The number of thiazole rings is 1. The molecule has 0 bridgehead atoms. The average molecular weight is 200 g/mol. The Kier molecular flexibility index (Phi) is 3.03. The maximum Gasteiger partial charge on any atom is 0.149 e. The van der Waals surface area contributed by atoms with Crippen LogP contribution >= 0.6 is 23.1 Å². The second-order valence-corrected chi connectivity index (χ2v) is 5.13. The summed E-state index contributed by atoms with van der Waals surface area (Å²) in [4.78, 5) is 4.24. The Morgan fingerprint density at radius 1 is 1.75 bits per heavy atom. The van der Waals surface area contributed by atoms with Gasteiger partial charge in [0.05, 0.1) is 0 Å². The lowest BCUT2D eigenvalue weighted by atomic mass is 10.2. The molecule has 0 amide bonds. The van der Waals surface area contributed by atoms with Gasteiger partial charge in [0.1, 0.15) is 4.34 Å². The van der Waals surface area contributed by atoms with Crippen molar-refractivity contribution in [3.05, 3.63) is 11.6 Å².